The van der Waals surface area contributed by atoms with Gasteiger partial charge in [0.1, 0.15) is 12.4 Å². The Morgan fingerprint density at radius 2 is 2.05 bits per heavy atom. The van der Waals surface area contributed by atoms with Crippen molar-refractivity contribution in [3.05, 3.63) is 68.7 Å². The number of nitro benzene ring substituents is 1. The van der Waals surface area contributed by atoms with E-state index in [4.69, 9.17) is 21.6 Å². The van der Waals surface area contributed by atoms with Gasteiger partial charge in [-0.3, -0.25) is 10.1 Å². The highest BCUT2D eigenvalue weighted by atomic mass is 35.5. The second-order valence-corrected chi connectivity index (χ2v) is 4.34. The number of benzene rings is 2. The smallest absolute Gasteiger partial charge is 0.271 e. The van der Waals surface area contributed by atoms with E-state index in [9.17, 15) is 10.1 Å². The molecule has 0 unspecified atom stereocenters. The van der Waals surface area contributed by atoms with Gasteiger partial charge in [-0.2, -0.15) is 5.26 Å². The van der Waals surface area contributed by atoms with Gasteiger partial charge in [0, 0.05) is 17.7 Å². The fraction of sp³-hybridized carbons (Fsp3) is 0.0714. The molecule has 20 heavy (non-hydrogen) atoms. The Hall–Kier alpha value is -2.58. The first kappa shape index (κ1) is 13.8. The highest BCUT2D eigenvalue weighted by Gasteiger charge is 2.11. The van der Waals surface area contributed by atoms with Crippen LogP contribution in [-0.2, 0) is 6.61 Å². The van der Waals surface area contributed by atoms with E-state index < -0.39 is 4.92 Å². The fourth-order valence-corrected chi connectivity index (χ4v) is 1.86. The zero-order valence-corrected chi connectivity index (χ0v) is 11.0. The van der Waals surface area contributed by atoms with Crippen LogP contribution >= 0.6 is 11.6 Å². The summed E-state index contributed by atoms with van der Waals surface area (Å²) < 4.78 is 5.49. The summed E-state index contributed by atoms with van der Waals surface area (Å²) in [6.45, 7) is 0.168. The van der Waals surface area contributed by atoms with E-state index in [0.29, 0.717) is 11.3 Å². The van der Waals surface area contributed by atoms with Gasteiger partial charge in [0.05, 0.1) is 21.6 Å². The van der Waals surface area contributed by atoms with Gasteiger partial charge in [-0.25, -0.2) is 0 Å². The molecule has 0 atom stereocenters. The summed E-state index contributed by atoms with van der Waals surface area (Å²) in [6.07, 6.45) is 0. The molecule has 0 bridgehead atoms. The van der Waals surface area contributed by atoms with E-state index in [-0.39, 0.29) is 17.3 Å². The van der Waals surface area contributed by atoms with Gasteiger partial charge in [0.15, 0.2) is 0 Å². The summed E-state index contributed by atoms with van der Waals surface area (Å²) in [5.41, 5.74) is 1.15. The van der Waals surface area contributed by atoms with Crippen LogP contribution in [-0.4, -0.2) is 4.92 Å². The van der Waals surface area contributed by atoms with Crippen molar-refractivity contribution < 1.29 is 9.66 Å². The summed E-state index contributed by atoms with van der Waals surface area (Å²) in [6, 6.07) is 13.1. The predicted octanol–water partition coefficient (Wildman–Crippen LogP) is 3.70. The standard InChI is InChI=1S/C14H9ClN2O3/c15-13-7-12(17(18)19)5-6-14(13)20-9-11-4-2-1-3-10(11)8-16/h1-7H,9H2. The van der Waals surface area contributed by atoms with E-state index in [1.165, 1.54) is 18.2 Å². The second kappa shape index (κ2) is 6.04. The third-order valence-corrected chi connectivity index (χ3v) is 2.94. The Bertz CT molecular complexity index is 695. The number of nitriles is 1. The van der Waals surface area contributed by atoms with Gasteiger partial charge < -0.3 is 4.74 Å². The molecule has 0 aromatic heterocycles. The number of halogens is 1. The molecule has 2 aromatic rings. The van der Waals surface area contributed by atoms with Crippen molar-refractivity contribution in [2.24, 2.45) is 0 Å². The van der Waals surface area contributed by atoms with Gasteiger partial charge in [-0.15, -0.1) is 0 Å². The van der Waals surface area contributed by atoms with Crippen LogP contribution in [0.2, 0.25) is 5.02 Å². The Labute approximate surface area is 120 Å². The molecule has 2 rings (SSSR count). The first-order valence-electron chi connectivity index (χ1n) is 5.66. The first-order valence-corrected chi connectivity index (χ1v) is 6.04. The average molecular weight is 289 g/mol. The number of non-ortho nitro benzene ring substituents is 1. The second-order valence-electron chi connectivity index (χ2n) is 3.93. The molecule has 100 valence electrons. The van der Waals surface area contributed by atoms with Crippen molar-refractivity contribution >= 4 is 17.3 Å². The zero-order valence-electron chi connectivity index (χ0n) is 10.2. The van der Waals surface area contributed by atoms with E-state index in [0.717, 1.165) is 5.56 Å². The van der Waals surface area contributed by atoms with Gasteiger partial charge >= 0.3 is 0 Å². The van der Waals surface area contributed by atoms with Crippen molar-refractivity contribution in [2.75, 3.05) is 0 Å². The molecular weight excluding hydrogens is 280 g/mol. The zero-order chi connectivity index (χ0) is 14.5. The number of nitro groups is 1. The molecule has 0 saturated carbocycles. The fourth-order valence-electron chi connectivity index (χ4n) is 1.63. The van der Waals surface area contributed by atoms with Crippen LogP contribution in [0.1, 0.15) is 11.1 Å². The van der Waals surface area contributed by atoms with Gasteiger partial charge in [0.2, 0.25) is 0 Å². The van der Waals surface area contributed by atoms with Gasteiger partial charge in [-0.05, 0) is 12.1 Å². The van der Waals surface area contributed by atoms with Crippen LogP contribution in [0.4, 0.5) is 5.69 Å². The quantitative estimate of drug-likeness (QED) is 0.635. The summed E-state index contributed by atoms with van der Waals surface area (Å²) in [5, 5.41) is 19.7. The molecule has 0 N–H and O–H groups in total. The summed E-state index contributed by atoms with van der Waals surface area (Å²) in [7, 11) is 0. The van der Waals surface area contributed by atoms with Gasteiger partial charge in [0.25, 0.3) is 5.69 Å². The molecule has 5 nitrogen and oxygen atoms in total. The van der Waals surface area contributed by atoms with Crippen LogP contribution in [0.15, 0.2) is 42.5 Å². The van der Waals surface area contributed by atoms with Crippen LogP contribution in [0.3, 0.4) is 0 Å². The SMILES string of the molecule is N#Cc1ccccc1COc1ccc([N+](=O)[O-])cc1Cl. The maximum Gasteiger partial charge on any atom is 0.271 e. The number of hydrogen-bond acceptors (Lipinski definition) is 4. The number of ether oxygens (including phenoxy) is 1. The Kier molecular flexibility index (Phi) is 4.18. The number of hydrogen-bond donors (Lipinski definition) is 0. The minimum Gasteiger partial charge on any atom is -0.487 e. The highest BCUT2D eigenvalue weighted by Crippen LogP contribution is 2.29. The molecule has 0 radical (unpaired) electrons. The average Bonchev–Trinajstić information content (AvgIpc) is 2.46. The molecule has 0 saturated heterocycles. The summed E-state index contributed by atoms with van der Waals surface area (Å²) in [5.74, 6) is 0.338. The molecule has 0 heterocycles. The highest BCUT2D eigenvalue weighted by molar-refractivity contribution is 6.32. The van der Waals surface area contributed by atoms with Crippen molar-refractivity contribution in [3.8, 4) is 11.8 Å². The van der Waals surface area contributed by atoms with E-state index >= 15 is 0 Å². The third kappa shape index (κ3) is 3.05. The molecule has 0 fully saturated rings. The van der Waals surface area contributed by atoms with Crippen LogP contribution in [0, 0.1) is 21.4 Å². The van der Waals surface area contributed by atoms with Crippen molar-refractivity contribution in [1.29, 1.82) is 5.26 Å². The third-order valence-electron chi connectivity index (χ3n) is 2.65. The van der Waals surface area contributed by atoms with Crippen molar-refractivity contribution in [2.45, 2.75) is 6.61 Å². The van der Waals surface area contributed by atoms with Crippen LogP contribution in [0.5, 0.6) is 5.75 Å². The molecule has 0 aliphatic rings. The Morgan fingerprint density at radius 1 is 1.30 bits per heavy atom. The lowest BCUT2D eigenvalue weighted by molar-refractivity contribution is -0.384. The maximum atomic E-state index is 10.6. The molecule has 6 heteroatoms. The number of rotatable bonds is 4. The minimum atomic E-state index is -0.527. The largest absolute Gasteiger partial charge is 0.487 e. The van der Waals surface area contributed by atoms with Gasteiger partial charge in [-0.1, -0.05) is 29.8 Å². The molecular formula is C14H9ClN2O3. The van der Waals surface area contributed by atoms with Crippen molar-refractivity contribution in [3.63, 3.8) is 0 Å². The van der Waals surface area contributed by atoms with E-state index in [2.05, 4.69) is 6.07 Å². The molecule has 0 aliphatic carbocycles. The van der Waals surface area contributed by atoms with Crippen LogP contribution in [0.25, 0.3) is 0 Å². The lowest BCUT2D eigenvalue weighted by Gasteiger charge is -2.08. The molecule has 2 aromatic carbocycles. The van der Waals surface area contributed by atoms with E-state index in [1.807, 2.05) is 0 Å². The monoisotopic (exact) mass is 288 g/mol. The molecule has 0 aliphatic heterocycles. The first-order chi connectivity index (χ1) is 9.61. The number of nitrogens with zero attached hydrogens (tertiary/aromatic N) is 2. The summed E-state index contributed by atoms with van der Waals surface area (Å²) >= 11 is 5.92. The summed E-state index contributed by atoms with van der Waals surface area (Å²) in [4.78, 5) is 10.1. The lowest BCUT2D eigenvalue weighted by Crippen LogP contribution is -1.99. The minimum absolute atomic E-state index is 0.0974. The lowest BCUT2D eigenvalue weighted by atomic mass is 10.1. The molecule has 0 spiro atoms. The van der Waals surface area contributed by atoms with E-state index in [1.54, 1.807) is 24.3 Å². The predicted molar refractivity (Wildman–Crippen MR) is 73.6 cm³/mol. The Morgan fingerprint density at radius 3 is 2.70 bits per heavy atom. The maximum absolute atomic E-state index is 10.6. The normalized spacial score (nSPS) is 9.80. The molecule has 0 amide bonds. The topological polar surface area (TPSA) is 76.2 Å². The van der Waals surface area contributed by atoms with Crippen LogP contribution < -0.4 is 4.74 Å². The van der Waals surface area contributed by atoms with Crippen molar-refractivity contribution in [1.82, 2.24) is 0 Å². The Balaban J connectivity index is 2.16.